The fourth-order valence-corrected chi connectivity index (χ4v) is 0.901. The molecule has 6 N–H and O–H groups in total. The molecule has 14 heavy (non-hydrogen) atoms. The first kappa shape index (κ1) is 12.9. The zero-order chi connectivity index (χ0) is 11.1. The van der Waals surface area contributed by atoms with Gasteiger partial charge in [0.15, 0.2) is 0 Å². The standard InChI is InChI=1S/C8H17N3O3/c1-2-5(3-9)8(14)11-4-6(12)7(10)13/h5-6,12H,2-4,9H2,1H3,(H2,10,13)(H,11,14). The molecule has 82 valence electrons. The molecule has 0 radical (unpaired) electrons. The number of carbonyl (C=O) groups excluding carboxylic acids is 2. The Bertz CT molecular complexity index is 204. The van der Waals surface area contributed by atoms with Crippen LogP contribution in [0.3, 0.4) is 0 Å². The van der Waals surface area contributed by atoms with Crippen LogP contribution in [-0.2, 0) is 9.59 Å². The number of nitrogens with two attached hydrogens (primary N) is 2. The number of carbonyl (C=O) groups is 2. The molecule has 6 heteroatoms. The summed E-state index contributed by atoms with van der Waals surface area (Å²) < 4.78 is 0. The molecule has 0 aromatic heterocycles. The molecular weight excluding hydrogens is 186 g/mol. The van der Waals surface area contributed by atoms with E-state index in [1.807, 2.05) is 6.92 Å². The van der Waals surface area contributed by atoms with Gasteiger partial charge in [0.25, 0.3) is 0 Å². The number of aliphatic hydroxyl groups is 1. The minimum atomic E-state index is -1.34. The summed E-state index contributed by atoms with van der Waals surface area (Å²) in [6.07, 6.45) is -0.719. The van der Waals surface area contributed by atoms with Gasteiger partial charge in [0.2, 0.25) is 11.8 Å². The van der Waals surface area contributed by atoms with Crippen LogP contribution in [-0.4, -0.2) is 36.1 Å². The van der Waals surface area contributed by atoms with Crippen molar-refractivity contribution in [3.05, 3.63) is 0 Å². The van der Waals surface area contributed by atoms with Crippen LogP contribution in [0, 0.1) is 5.92 Å². The van der Waals surface area contributed by atoms with Crippen LogP contribution in [0.15, 0.2) is 0 Å². The third kappa shape index (κ3) is 4.20. The molecule has 0 bridgehead atoms. The predicted octanol–water partition coefficient (Wildman–Crippen LogP) is -2.07. The molecule has 0 fully saturated rings. The number of hydrogen-bond donors (Lipinski definition) is 4. The molecule has 6 nitrogen and oxygen atoms in total. The van der Waals surface area contributed by atoms with Crippen molar-refractivity contribution in [3.8, 4) is 0 Å². The molecule has 0 saturated heterocycles. The van der Waals surface area contributed by atoms with E-state index in [-0.39, 0.29) is 24.9 Å². The van der Waals surface area contributed by atoms with Gasteiger partial charge in [-0.05, 0) is 6.42 Å². The summed E-state index contributed by atoms with van der Waals surface area (Å²) >= 11 is 0. The van der Waals surface area contributed by atoms with Crippen molar-refractivity contribution < 1.29 is 14.7 Å². The second kappa shape index (κ2) is 6.33. The second-order valence-electron chi connectivity index (χ2n) is 3.00. The van der Waals surface area contributed by atoms with E-state index in [1.54, 1.807) is 0 Å². The molecule has 0 spiro atoms. The lowest BCUT2D eigenvalue weighted by Crippen LogP contribution is -2.43. The normalized spacial score (nSPS) is 14.5. The Balaban J connectivity index is 3.89. The monoisotopic (exact) mass is 203 g/mol. The largest absolute Gasteiger partial charge is 0.381 e. The van der Waals surface area contributed by atoms with Crippen LogP contribution in [0.2, 0.25) is 0 Å². The van der Waals surface area contributed by atoms with Gasteiger partial charge in [-0.2, -0.15) is 0 Å². The topological polar surface area (TPSA) is 118 Å². The summed E-state index contributed by atoms with van der Waals surface area (Å²) in [5, 5.41) is 11.4. The molecule has 2 atom stereocenters. The lowest BCUT2D eigenvalue weighted by atomic mass is 10.1. The van der Waals surface area contributed by atoms with E-state index in [1.165, 1.54) is 0 Å². The van der Waals surface area contributed by atoms with Crippen LogP contribution < -0.4 is 16.8 Å². The van der Waals surface area contributed by atoms with Gasteiger partial charge in [-0.15, -0.1) is 0 Å². The highest BCUT2D eigenvalue weighted by Crippen LogP contribution is 1.99. The molecule has 0 rings (SSSR count). The highest BCUT2D eigenvalue weighted by molar-refractivity contribution is 5.82. The zero-order valence-corrected chi connectivity index (χ0v) is 8.19. The number of hydrogen-bond acceptors (Lipinski definition) is 4. The van der Waals surface area contributed by atoms with Gasteiger partial charge in [-0.3, -0.25) is 9.59 Å². The third-order valence-corrected chi connectivity index (χ3v) is 1.95. The smallest absolute Gasteiger partial charge is 0.248 e. The van der Waals surface area contributed by atoms with E-state index in [4.69, 9.17) is 16.6 Å². The van der Waals surface area contributed by atoms with E-state index in [0.717, 1.165) is 0 Å². The van der Waals surface area contributed by atoms with Crippen LogP contribution in [0.1, 0.15) is 13.3 Å². The van der Waals surface area contributed by atoms with Crippen molar-refractivity contribution in [2.24, 2.45) is 17.4 Å². The first-order valence-corrected chi connectivity index (χ1v) is 4.48. The Morgan fingerprint density at radius 2 is 2.07 bits per heavy atom. The third-order valence-electron chi connectivity index (χ3n) is 1.95. The van der Waals surface area contributed by atoms with Gasteiger partial charge in [-0.25, -0.2) is 0 Å². The van der Waals surface area contributed by atoms with Gasteiger partial charge < -0.3 is 21.9 Å². The van der Waals surface area contributed by atoms with Crippen LogP contribution in [0.4, 0.5) is 0 Å². The maximum absolute atomic E-state index is 11.3. The summed E-state index contributed by atoms with van der Waals surface area (Å²) in [7, 11) is 0. The Morgan fingerprint density at radius 1 is 1.50 bits per heavy atom. The molecule has 0 heterocycles. The minimum absolute atomic E-state index is 0.162. The molecule has 0 aliphatic heterocycles. The maximum atomic E-state index is 11.3. The Morgan fingerprint density at radius 3 is 2.43 bits per heavy atom. The molecule has 0 saturated carbocycles. The lowest BCUT2D eigenvalue weighted by Gasteiger charge is -2.13. The van der Waals surface area contributed by atoms with Crippen molar-refractivity contribution in [1.82, 2.24) is 5.32 Å². The van der Waals surface area contributed by atoms with Crippen LogP contribution >= 0.6 is 0 Å². The highest BCUT2D eigenvalue weighted by Gasteiger charge is 2.17. The summed E-state index contributed by atoms with van der Waals surface area (Å²) in [6.45, 7) is 1.92. The number of rotatable bonds is 6. The Kier molecular flexibility index (Phi) is 5.82. The first-order chi connectivity index (χ1) is 6.52. The number of aliphatic hydroxyl groups excluding tert-OH is 1. The van der Waals surface area contributed by atoms with Crippen LogP contribution in [0.5, 0.6) is 0 Å². The zero-order valence-electron chi connectivity index (χ0n) is 8.19. The van der Waals surface area contributed by atoms with E-state index < -0.39 is 12.0 Å². The fraction of sp³-hybridized carbons (Fsp3) is 0.750. The average molecular weight is 203 g/mol. The summed E-state index contributed by atoms with van der Waals surface area (Å²) in [4.78, 5) is 21.7. The quantitative estimate of drug-likeness (QED) is 0.396. The van der Waals surface area contributed by atoms with E-state index in [9.17, 15) is 9.59 Å². The van der Waals surface area contributed by atoms with E-state index >= 15 is 0 Å². The summed E-state index contributed by atoms with van der Waals surface area (Å²) in [6, 6.07) is 0. The predicted molar refractivity (Wildman–Crippen MR) is 51.0 cm³/mol. The minimum Gasteiger partial charge on any atom is -0.381 e. The summed E-state index contributed by atoms with van der Waals surface area (Å²) in [5.41, 5.74) is 10.1. The molecule has 0 aliphatic carbocycles. The van der Waals surface area contributed by atoms with Crippen molar-refractivity contribution in [2.45, 2.75) is 19.4 Å². The maximum Gasteiger partial charge on any atom is 0.248 e. The average Bonchev–Trinajstić information content (AvgIpc) is 2.15. The van der Waals surface area contributed by atoms with Gasteiger partial charge in [-0.1, -0.05) is 6.92 Å². The Hall–Kier alpha value is -1.14. The second-order valence-corrected chi connectivity index (χ2v) is 3.00. The van der Waals surface area contributed by atoms with Crippen LogP contribution in [0.25, 0.3) is 0 Å². The van der Waals surface area contributed by atoms with Crippen molar-refractivity contribution in [3.63, 3.8) is 0 Å². The molecule has 2 amide bonds. The van der Waals surface area contributed by atoms with E-state index in [2.05, 4.69) is 5.32 Å². The SMILES string of the molecule is CCC(CN)C(=O)NCC(O)C(N)=O. The van der Waals surface area contributed by atoms with E-state index in [0.29, 0.717) is 6.42 Å². The molecule has 2 unspecified atom stereocenters. The molecule has 0 aromatic rings. The molecule has 0 aliphatic rings. The van der Waals surface area contributed by atoms with Gasteiger partial charge in [0.05, 0.1) is 6.54 Å². The fourth-order valence-electron chi connectivity index (χ4n) is 0.901. The molecule has 0 aromatic carbocycles. The van der Waals surface area contributed by atoms with Gasteiger partial charge in [0.1, 0.15) is 6.10 Å². The van der Waals surface area contributed by atoms with Gasteiger partial charge in [0, 0.05) is 12.5 Å². The number of amides is 2. The van der Waals surface area contributed by atoms with Gasteiger partial charge >= 0.3 is 0 Å². The van der Waals surface area contributed by atoms with Crippen molar-refractivity contribution >= 4 is 11.8 Å². The Labute approximate surface area is 82.6 Å². The highest BCUT2D eigenvalue weighted by atomic mass is 16.3. The summed E-state index contributed by atoms with van der Waals surface area (Å²) in [5.74, 6) is -1.41. The van der Waals surface area contributed by atoms with Crippen molar-refractivity contribution in [2.75, 3.05) is 13.1 Å². The number of nitrogens with one attached hydrogen (secondary N) is 1. The number of primary amides is 1. The lowest BCUT2D eigenvalue weighted by molar-refractivity contribution is -0.128. The molecular formula is C8H17N3O3. The first-order valence-electron chi connectivity index (χ1n) is 4.48. The van der Waals surface area contributed by atoms with Crippen molar-refractivity contribution in [1.29, 1.82) is 0 Å².